The van der Waals surface area contributed by atoms with Gasteiger partial charge >= 0.3 is 0 Å². The topological polar surface area (TPSA) is 20.2 Å². The Hall–Kier alpha value is 0.629. The third kappa shape index (κ3) is 80.8. The van der Waals surface area contributed by atoms with Crippen molar-refractivity contribution in [1.82, 2.24) is 0 Å². The molecule has 0 aliphatic carbocycles. The molecule has 0 heterocycles. The molecule has 5 heavy (non-hydrogen) atoms. The van der Waals surface area contributed by atoms with Crippen LogP contribution in [0.25, 0.3) is 0 Å². The van der Waals surface area contributed by atoms with Gasteiger partial charge in [-0.1, -0.05) is 0 Å². The molecule has 0 rings (SSSR count). The van der Waals surface area contributed by atoms with Gasteiger partial charge in [-0.25, -0.2) is 0 Å². The number of hydrogen-bond acceptors (Lipinski definition) is 2. The summed E-state index contributed by atoms with van der Waals surface area (Å²) in [5, 5.41) is 7.60. The predicted octanol–water partition coefficient (Wildman–Crippen LogP) is 0.374. The number of hydrogen-bond donors (Lipinski definition) is 1. The van der Waals surface area contributed by atoms with E-state index in [4.69, 9.17) is 5.11 Å². The van der Waals surface area contributed by atoms with Gasteiger partial charge in [-0.15, -0.1) is 0 Å². The summed E-state index contributed by atoms with van der Waals surface area (Å²) in [4.78, 5) is 0. The largest absolute Gasteiger partial charge is 0.528 e. The second kappa shape index (κ2) is 4.63. The molecule has 1 nitrogen and oxygen atoms in total. The summed E-state index contributed by atoms with van der Waals surface area (Å²) in [7, 11) is 0. The minimum atomic E-state index is -0.417. The Labute approximate surface area is 51.6 Å². The summed E-state index contributed by atoms with van der Waals surface area (Å²) in [5.41, 5.74) is 0. The molecule has 4 heteroatoms. The molecule has 0 saturated carbocycles. The summed E-state index contributed by atoms with van der Waals surface area (Å²) in [6, 6.07) is 0. The molecular weight excluding hydrogens is 147 g/mol. The number of thiocarbonyl (C=S) groups is 1. The van der Waals surface area contributed by atoms with Crippen molar-refractivity contribution in [2.45, 2.75) is 0 Å². The fourth-order valence-corrected chi connectivity index (χ4v) is 0. The summed E-state index contributed by atoms with van der Waals surface area (Å²) in [6.07, 6.45) is 0. The van der Waals surface area contributed by atoms with Crippen LogP contribution in [0.5, 0.6) is 0 Å². The first-order valence-electron chi connectivity index (χ1n) is 0.632. The van der Waals surface area contributed by atoms with E-state index in [2.05, 4.69) is 24.8 Å². The number of aliphatic hydroxyl groups is 1. The first kappa shape index (κ1) is 9.16. The van der Waals surface area contributed by atoms with Crippen LogP contribution >= 0.6 is 12.2 Å². The quantitative estimate of drug-likeness (QED) is 0.304. The third-order valence-electron chi connectivity index (χ3n) is 0. The number of rotatable bonds is 0. The van der Waals surface area contributed by atoms with E-state index in [1.165, 1.54) is 0 Å². The minimum Gasteiger partial charge on any atom is -0.528 e. The van der Waals surface area contributed by atoms with Crippen LogP contribution in [-0.2, 0) is 29.7 Å². The van der Waals surface area contributed by atoms with Crippen molar-refractivity contribution in [3.63, 3.8) is 0 Å². The van der Waals surface area contributed by atoms with E-state index in [1.54, 1.807) is 0 Å². The van der Waals surface area contributed by atoms with Gasteiger partial charge in [0.05, 0.1) is 0 Å². The van der Waals surface area contributed by atoms with Gasteiger partial charge in [-0.2, -0.15) is 0 Å². The molecule has 31 valence electrons. The van der Waals surface area contributed by atoms with Crippen molar-refractivity contribution in [3.05, 3.63) is 0 Å². The summed E-state index contributed by atoms with van der Waals surface area (Å²) < 4.78 is -0.417. The van der Waals surface area contributed by atoms with E-state index in [0.717, 1.165) is 0 Å². The van der Waals surface area contributed by atoms with Gasteiger partial charge in [-0.3, -0.25) is 0 Å². The van der Waals surface area contributed by atoms with Crippen molar-refractivity contribution >= 4 is 29.2 Å². The Morgan fingerprint density at radius 2 is 1.80 bits per heavy atom. The minimum absolute atomic E-state index is 0. The van der Waals surface area contributed by atoms with Gasteiger partial charge in [0.15, 0.2) is 0 Å². The van der Waals surface area contributed by atoms with Gasteiger partial charge in [0.2, 0.25) is 0 Å². The van der Waals surface area contributed by atoms with Crippen LogP contribution in [0.3, 0.4) is 0 Å². The molecule has 0 aromatic heterocycles. The summed E-state index contributed by atoms with van der Waals surface area (Å²) >= 11 is 7.81. The zero-order valence-electron chi connectivity index (χ0n) is 2.14. The molecule has 0 aliphatic heterocycles. The fraction of sp³-hybridized carbons (Fsp3) is 0. The first-order chi connectivity index (χ1) is 1.73. The average Bonchev–Trinajstić information content (AvgIpc) is 0.811. The summed E-state index contributed by atoms with van der Waals surface area (Å²) in [6.45, 7) is 0. The predicted molar refractivity (Wildman–Crippen MR) is 22.6 cm³/mol. The molecule has 1 N–H and O–H groups in total. The van der Waals surface area contributed by atoms with Crippen molar-refractivity contribution in [1.29, 1.82) is 0 Å². The Balaban J connectivity index is 0. The van der Waals surface area contributed by atoms with E-state index in [-0.39, 0.29) is 17.1 Å². The van der Waals surface area contributed by atoms with Crippen LogP contribution in [-0.4, -0.2) is 9.49 Å². The smallest absolute Gasteiger partial charge is 0.0201 e. The molecular formula is CHMnOS2-. The third-order valence-corrected chi connectivity index (χ3v) is 0. The molecule has 0 amide bonds. The van der Waals surface area contributed by atoms with Crippen molar-refractivity contribution in [3.8, 4) is 0 Å². The molecule has 0 spiro atoms. The molecule has 0 fully saturated rings. The van der Waals surface area contributed by atoms with Crippen molar-refractivity contribution < 1.29 is 22.2 Å². The maximum atomic E-state index is 7.60. The Kier molecular flexibility index (Phi) is 8.48. The molecule has 0 saturated heterocycles. The fourth-order valence-electron chi connectivity index (χ4n) is 0. The molecule has 0 bridgehead atoms. The molecule has 0 aromatic rings. The van der Waals surface area contributed by atoms with E-state index in [1.807, 2.05) is 0 Å². The molecule has 0 aliphatic rings. The molecule has 1 radical (unpaired) electrons. The number of aliphatic hydroxyl groups excluding tert-OH is 1. The average molecular weight is 148 g/mol. The van der Waals surface area contributed by atoms with Gasteiger partial charge in [0.25, 0.3) is 0 Å². The standard InChI is InChI=1S/CH2OS2.Mn/c2-1(3)4;/h(H2,2,3,4);/p-1. The SMILES string of the molecule is OC(=S)[S-].[Mn]. The zero-order chi connectivity index (χ0) is 3.58. The van der Waals surface area contributed by atoms with Crippen LogP contribution in [0.2, 0.25) is 0 Å². The van der Waals surface area contributed by atoms with E-state index in [0.29, 0.717) is 0 Å². The Morgan fingerprint density at radius 3 is 1.80 bits per heavy atom. The van der Waals surface area contributed by atoms with E-state index < -0.39 is 4.38 Å². The van der Waals surface area contributed by atoms with Gasteiger partial charge in [0.1, 0.15) is 0 Å². The second-order valence-electron chi connectivity index (χ2n) is 0.266. The van der Waals surface area contributed by atoms with Gasteiger partial charge < -0.3 is 30.0 Å². The second-order valence-corrected chi connectivity index (χ2v) is 1.30. The first-order valence-corrected chi connectivity index (χ1v) is 1.45. The van der Waals surface area contributed by atoms with Crippen molar-refractivity contribution in [2.24, 2.45) is 0 Å². The van der Waals surface area contributed by atoms with Crippen LogP contribution < -0.4 is 0 Å². The van der Waals surface area contributed by atoms with Crippen LogP contribution in [0, 0.1) is 0 Å². The molecule has 0 aromatic carbocycles. The van der Waals surface area contributed by atoms with Crippen LogP contribution in [0.1, 0.15) is 0 Å². The van der Waals surface area contributed by atoms with Gasteiger partial charge in [-0.05, 0) is 0 Å². The van der Waals surface area contributed by atoms with Crippen LogP contribution in [0.4, 0.5) is 0 Å². The maximum absolute atomic E-state index is 7.60. The molecule has 0 atom stereocenters. The molecule has 0 unspecified atom stereocenters. The van der Waals surface area contributed by atoms with E-state index in [9.17, 15) is 0 Å². The summed E-state index contributed by atoms with van der Waals surface area (Å²) in [5.74, 6) is 0. The van der Waals surface area contributed by atoms with Crippen LogP contribution in [0.15, 0.2) is 0 Å². The Bertz CT molecular complexity index is 32.6. The zero-order valence-corrected chi connectivity index (χ0v) is 4.96. The monoisotopic (exact) mass is 148 g/mol. The maximum Gasteiger partial charge on any atom is 0.0201 e. The van der Waals surface area contributed by atoms with E-state index >= 15 is 0 Å². The van der Waals surface area contributed by atoms with Crippen molar-refractivity contribution in [2.75, 3.05) is 0 Å². The Morgan fingerprint density at radius 1 is 1.80 bits per heavy atom. The normalized spacial score (nSPS) is 4.80. The van der Waals surface area contributed by atoms with Gasteiger partial charge in [0, 0.05) is 21.5 Å².